The van der Waals surface area contributed by atoms with Crippen molar-refractivity contribution in [1.29, 1.82) is 0 Å². The van der Waals surface area contributed by atoms with Gasteiger partial charge in [0, 0.05) is 0 Å². The number of hydrogen-bond donors (Lipinski definition) is 1. The molecule has 0 aromatic heterocycles. The number of benzene rings is 1. The SMILES string of the molecule is CC(C)C[C@H](NC(=O)OCc1ccccc1)C(=O)O[C@H]1[C@H]2OC(C)(C)O[C@@H]2O[C@@H]1[C@@H]1COC(C)(C)O1. The first kappa shape index (κ1) is 26.8. The number of amides is 1. The molecule has 1 aromatic rings. The normalized spacial score (nSPS) is 31.1. The number of fused-ring (bicyclic) bond motifs is 1. The third-order valence-corrected chi connectivity index (χ3v) is 6.17. The standard InChI is InChI=1S/C26H37NO9/c1-15(2)12-17(27-24(29)30-13-16-10-8-7-9-11-16)22(28)32-20-19(18-14-31-25(3,4)34-18)33-23-21(20)35-26(5,6)36-23/h7-11,15,17-21,23H,12-14H2,1-6H3,(H,27,29)/t17-,18-,19+,20+,21+,23-/m0/s1. The molecular formula is C26H37NO9. The van der Waals surface area contributed by atoms with Gasteiger partial charge >= 0.3 is 12.1 Å². The summed E-state index contributed by atoms with van der Waals surface area (Å²) in [5.74, 6) is -2.18. The predicted octanol–water partition coefficient (Wildman–Crippen LogP) is 3.27. The maximum absolute atomic E-state index is 13.4. The highest BCUT2D eigenvalue weighted by molar-refractivity contribution is 5.81. The Morgan fingerprint density at radius 1 is 1.03 bits per heavy atom. The number of esters is 1. The Balaban J connectivity index is 1.44. The molecule has 200 valence electrons. The fourth-order valence-corrected chi connectivity index (χ4v) is 4.62. The van der Waals surface area contributed by atoms with E-state index >= 15 is 0 Å². The van der Waals surface area contributed by atoms with Gasteiger partial charge in [-0.1, -0.05) is 44.2 Å². The van der Waals surface area contributed by atoms with Crippen molar-refractivity contribution >= 4 is 12.1 Å². The van der Waals surface area contributed by atoms with Crippen molar-refractivity contribution in [1.82, 2.24) is 5.32 Å². The van der Waals surface area contributed by atoms with Crippen LogP contribution in [0.25, 0.3) is 0 Å². The molecule has 36 heavy (non-hydrogen) atoms. The highest BCUT2D eigenvalue weighted by atomic mass is 16.8. The lowest BCUT2D eigenvalue weighted by Crippen LogP contribution is -2.49. The molecule has 0 radical (unpaired) electrons. The summed E-state index contributed by atoms with van der Waals surface area (Å²) in [4.78, 5) is 25.9. The average molecular weight is 508 g/mol. The molecule has 3 heterocycles. The zero-order chi connectivity index (χ0) is 26.1. The number of ether oxygens (including phenoxy) is 7. The topological polar surface area (TPSA) is 111 Å². The Morgan fingerprint density at radius 2 is 1.75 bits per heavy atom. The van der Waals surface area contributed by atoms with Gasteiger partial charge in [-0.2, -0.15) is 0 Å². The van der Waals surface area contributed by atoms with Crippen LogP contribution < -0.4 is 5.32 Å². The van der Waals surface area contributed by atoms with Crippen molar-refractivity contribution in [3.05, 3.63) is 35.9 Å². The molecule has 3 saturated heterocycles. The largest absolute Gasteiger partial charge is 0.455 e. The van der Waals surface area contributed by atoms with Gasteiger partial charge < -0.3 is 38.5 Å². The minimum atomic E-state index is -0.916. The summed E-state index contributed by atoms with van der Waals surface area (Å²) in [7, 11) is 0. The number of nitrogens with one attached hydrogen (secondary N) is 1. The van der Waals surface area contributed by atoms with Crippen molar-refractivity contribution in [2.75, 3.05) is 6.61 Å². The van der Waals surface area contributed by atoms with Gasteiger partial charge in [0.2, 0.25) is 0 Å². The van der Waals surface area contributed by atoms with E-state index in [-0.39, 0.29) is 19.1 Å². The minimum Gasteiger partial charge on any atom is -0.455 e. The molecule has 3 aliphatic rings. The average Bonchev–Trinajstić information content (AvgIpc) is 3.41. The van der Waals surface area contributed by atoms with Crippen molar-refractivity contribution in [3.63, 3.8) is 0 Å². The molecule has 0 saturated carbocycles. The Kier molecular flexibility index (Phi) is 7.92. The van der Waals surface area contributed by atoms with Crippen molar-refractivity contribution in [2.24, 2.45) is 5.92 Å². The third-order valence-electron chi connectivity index (χ3n) is 6.17. The first-order valence-corrected chi connectivity index (χ1v) is 12.4. The number of alkyl carbamates (subject to hydrolysis) is 1. The second kappa shape index (κ2) is 10.6. The van der Waals surface area contributed by atoms with Gasteiger partial charge in [0.15, 0.2) is 30.1 Å². The van der Waals surface area contributed by atoms with Gasteiger partial charge in [-0.3, -0.25) is 0 Å². The molecule has 0 unspecified atom stereocenters. The highest BCUT2D eigenvalue weighted by Gasteiger charge is 2.60. The highest BCUT2D eigenvalue weighted by Crippen LogP contribution is 2.42. The van der Waals surface area contributed by atoms with Crippen LogP contribution in [0.2, 0.25) is 0 Å². The van der Waals surface area contributed by atoms with E-state index in [0.717, 1.165) is 5.56 Å². The Bertz CT molecular complexity index is 919. The van der Waals surface area contributed by atoms with Gasteiger partial charge in [0.25, 0.3) is 0 Å². The van der Waals surface area contributed by atoms with Crippen LogP contribution in [0.5, 0.6) is 0 Å². The van der Waals surface area contributed by atoms with E-state index < -0.39 is 60.4 Å². The van der Waals surface area contributed by atoms with Crippen molar-refractivity contribution < 1.29 is 42.7 Å². The smallest absolute Gasteiger partial charge is 0.408 e. The van der Waals surface area contributed by atoms with E-state index in [9.17, 15) is 9.59 Å². The summed E-state index contributed by atoms with van der Waals surface area (Å²) in [5.41, 5.74) is 0.843. The molecule has 10 nitrogen and oxygen atoms in total. The van der Waals surface area contributed by atoms with E-state index in [4.69, 9.17) is 33.2 Å². The molecule has 0 bridgehead atoms. The summed E-state index contributed by atoms with van der Waals surface area (Å²) in [6, 6.07) is 8.39. The maximum Gasteiger partial charge on any atom is 0.408 e. The Morgan fingerprint density at radius 3 is 2.39 bits per heavy atom. The molecular weight excluding hydrogens is 470 g/mol. The van der Waals surface area contributed by atoms with Crippen LogP contribution in [0.4, 0.5) is 4.79 Å². The monoisotopic (exact) mass is 507 g/mol. The second-order valence-electron chi connectivity index (χ2n) is 10.7. The molecule has 10 heteroatoms. The van der Waals surface area contributed by atoms with Gasteiger partial charge in [0.05, 0.1) is 6.61 Å². The predicted molar refractivity (Wildman–Crippen MR) is 126 cm³/mol. The van der Waals surface area contributed by atoms with Crippen LogP contribution in [0.15, 0.2) is 30.3 Å². The zero-order valence-electron chi connectivity index (χ0n) is 21.7. The summed E-state index contributed by atoms with van der Waals surface area (Å²) in [6.07, 6.45) is -3.66. The van der Waals surface area contributed by atoms with Gasteiger partial charge in [0.1, 0.15) is 24.9 Å². The number of rotatable bonds is 8. The lowest BCUT2D eigenvalue weighted by Gasteiger charge is -2.30. The van der Waals surface area contributed by atoms with Crippen LogP contribution >= 0.6 is 0 Å². The van der Waals surface area contributed by atoms with Gasteiger partial charge in [-0.25, -0.2) is 9.59 Å². The number of carbonyl (C=O) groups excluding carboxylic acids is 2. The molecule has 0 aliphatic carbocycles. The minimum absolute atomic E-state index is 0.0908. The molecule has 6 atom stereocenters. The summed E-state index contributed by atoms with van der Waals surface area (Å²) >= 11 is 0. The molecule has 3 fully saturated rings. The zero-order valence-corrected chi connectivity index (χ0v) is 21.7. The summed E-state index contributed by atoms with van der Waals surface area (Å²) in [6.45, 7) is 11.4. The van der Waals surface area contributed by atoms with E-state index in [0.29, 0.717) is 6.42 Å². The lowest BCUT2D eigenvalue weighted by molar-refractivity contribution is -0.235. The van der Waals surface area contributed by atoms with E-state index in [2.05, 4.69) is 5.32 Å². The second-order valence-corrected chi connectivity index (χ2v) is 10.7. The number of hydrogen-bond acceptors (Lipinski definition) is 9. The van der Waals surface area contributed by atoms with E-state index in [1.165, 1.54) is 0 Å². The first-order valence-electron chi connectivity index (χ1n) is 12.4. The van der Waals surface area contributed by atoms with Crippen molar-refractivity contribution in [2.45, 2.75) is 103 Å². The fourth-order valence-electron chi connectivity index (χ4n) is 4.62. The number of carbonyl (C=O) groups is 2. The van der Waals surface area contributed by atoms with Gasteiger partial charge in [-0.15, -0.1) is 0 Å². The lowest BCUT2D eigenvalue weighted by atomic mass is 10.0. The first-order chi connectivity index (χ1) is 16.9. The van der Waals surface area contributed by atoms with E-state index in [1.54, 1.807) is 13.8 Å². The Hall–Kier alpha value is -2.24. The van der Waals surface area contributed by atoms with Crippen LogP contribution in [-0.4, -0.2) is 67.0 Å². The van der Waals surface area contributed by atoms with Crippen LogP contribution in [0, 0.1) is 5.92 Å². The molecule has 3 aliphatic heterocycles. The Labute approximate surface area is 211 Å². The third kappa shape index (κ3) is 6.54. The molecule has 0 spiro atoms. The summed E-state index contributed by atoms with van der Waals surface area (Å²) in [5, 5.41) is 2.66. The summed E-state index contributed by atoms with van der Waals surface area (Å²) < 4.78 is 41.0. The van der Waals surface area contributed by atoms with Crippen molar-refractivity contribution in [3.8, 4) is 0 Å². The van der Waals surface area contributed by atoms with E-state index in [1.807, 2.05) is 58.0 Å². The molecule has 1 aromatic carbocycles. The fraction of sp³-hybridized carbons (Fsp3) is 0.692. The van der Waals surface area contributed by atoms with Crippen LogP contribution in [-0.2, 0) is 44.6 Å². The quantitative estimate of drug-likeness (QED) is 0.530. The molecule has 4 rings (SSSR count). The molecule has 1 amide bonds. The molecule has 1 N–H and O–H groups in total. The van der Waals surface area contributed by atoms with Crippen LogP contribution in [0.1, 0.15) is 53.5 Å². The maximum atomic E-state index is 13.4. The van der Waals surface area contributed by atoms with Gasteiger partial charge in [-0.05, 0) is 45.6 Å². The van der Waals surface area contributed by atoms with Crippen LogP contribution in [0.3, 0.4) is 0 Å².